The fourth-order valence-corrected chi connectivity index (χ4v) is 5.09. The number of hydrogen-bond donors (Lipinski definition) is 2. The van der Waals surface area contributed by atoms with Gasteiger partial charge in [-0.1, -0.05) is 36.4 Å². The number of carbonyl (C=O) groups is 1. The number of rotatable bonds is 8. The smallest absolute Gasteiger partial charge is 0.263 e. The molecule has 0 aliphatic rings. The van der Waals surface area contributed by atoms with Crippen LogP contribution in [0.4, 0.5) is 8.78 Å². The van der Waals surface area contributed by atoms with Crippen molar-refractivity contribution < 1.29 is 22.0 Å². The van der Waals surface area contributed by atoms with Crippen LogP contribution in [0.3, 0.4) is 0 Å². The fraction of sp³-hybridized carbons (Fsp3) is 0.0833. The number of thiazole rings is 1. The van der Waals surface area contributed by atoms with Gasteiger partial charge in [0.05, 0.1) is 11.1 Å². The molecule has 2 N–H and O–H groups in total. The molecule has 6 nitrogen and oxygen atoms in total. The Bertz CT molecular complexity index is 1440. The summed E-state index contributed by atoms with van der Waals surface area (Å²) in [5.41, 5.74) is 1.38. The molecule has 4 rings (SSSR count). The van der Waals surface area contributed by atoms with Crippen molar-refractivity contribution in [1.29, 1.82) is 0 Å². The topological polar surface area (TPSA) is 88.2 Å². The molecule has 0 aliphatic carbocycles. The lowest BCUT2D eigenvalue weighted by molar-refractivity contribution is 0.0954. The Morgan fingerprint density at radius 2 is 1.65 bits per heavy atom. The number of nitrogens with zero attached hydrogens (tertiary/aromatic N) is 1. The number of aromatic nitrogens is 1. The molecule has 10 heteroatoms. The highest BCUT2D eigenvalue weighted by Gasteiger charge is 2.16. The first-order chi connectivity index (χ1) is 16.3. The van der Waals surface area contributed by atoms with Crippen molar-refractivity contribution in [2.45, 2.75) is 18.0 Å². The minimum absolute atomic E-state index is 0.0234. The van der Waals surface area contributed by atoms with Crippen LogP contribution in [-0.2, 0) is 23.1 Å². The van der Waals surface area contributed by atoms with E-state index in [-0.39, 0.29) is 18.0 Å². The molecule has 0 radical (unpaired) electrons. The van der Waals surface area contributed by atoms with E-state index in [0.29, 0.717) is 26.6 Å². The van der Waals surface area contributed by atoms with Gasteiger partial charge in [-0.25, -0.2) is 26.9 Å². The zero-order valence-electron chi connectivity index (χ0n) is 17.7. The molecular formula is C24H19F2N3O3S2. The van der Waals surface area contributed by atoms with Gasteiger partial charge in [0.2, 0.25) is 10.0 Å². The van der Waals surface area contributed by atoms with Crippen molar-refractivity contribution in [3.8, 4) is 10.6 Å². The molecular weight excluding hydrogens is 480 g/mol. The molecule has 4 aromatic rings. The Hall–Kier alpha value is -3.47. The molecule has 0 aliphatic heterocycles. The van der Waals surface area contributed by atoms with Gasteiger partial charge in [0.1, 0.15) is 21.5 Å². The number of benzene rings is 3. The summed E-state index contributed by atoms with van der Waals surface area (Å²) >= 11 is 1.06. The van der Waals surface area contributed by atoms with Crippen molar-refractivity contribution in [1.82, 2.24) is 15.0 Å². The van der Waals surface area contributed by atoms with E-state index in [1.807, 2.05) is 0 Å². The predicted octanol–water partition coefficient (Wildman–Crippen LogP) is 4.50. The van der Waals surface area contributed by atoms with E-state index < -0.39 is 27.6 Å². The van der Waals surface area contributed by atoms with Crippen LogP contribution in [0.25, 0.3) is 10.6 Å². The quantitative estimate of drug-likeness (QED) is 0.374. The van der Waals surface area contributed by atoms with Crippen molar-refractivity contribution in [3.05, 3.63) is 107 Å². The Morgan fingerprint density at radius 3 is 2.41 bits per heavy atom. The van der Waals surface area contributed by atoms with E-state index in [2.05, 4.69) is 15.0 Å². The maximum atomic E-state index is 14.0. The van der Waals surface area contributed by atoms with Crippen LogP contribution in [0.1, 0.15) is 20.8 Å². The summed E-state index contributed by atoms with van der Waals surface area (Å²) in [5, 5.41) is 3.11. The Labute approximate surface area is 199 Å². The van der Waals surface area contributed by atoms with E-state index in [1.165, 1.54) is 42.6 Å². The van der Waals surface area contributed by atoms with Gasteiger partial charge in [0.25, 0.3) is 5.91 Å². The summed E-state index contributed by atoms with van der Waals surface area (Å²) < 4.78 is 55.0. The van der Waals surface area contributed by atoms with Crippen LogP contribution in [0.2, 0.25) is 0 Å². The van der Waals surface area contributed by atoms with Crippen molar-refractivity contribution in [2.75, 3.05) is 0 Å². The number of amides is 1. The van der Waals surface area contributed by atoms with E-state index in [1.54, 1.807) is 36.4 Å². The summed E-state index contributed by atoms with van der Waals surface area (Å²) in [6.45, 7) is 0.0236. The minimum atomic E-state index is -3.84. The van der Waals surface area contributed by atoms with Gasteiger partial charge < -0.3 is 5.32 Å². The number of hydrogen-bond acceptors (Lipinski definition) is 5. The second kappa shape index (κ2) is 10.2. The molecule has 0 bridgehead atoms. The molecule has 1 aromatic heterocycles. The number of carbonyl (C=O) groups excluding carboxylic acids is 1. The molecule has 1 heterocycles. The first kappa shape index (κ1) is 23.7. The second-order valence-corrected chi connectivity index (χ2v) is 10.1. The molecule has 1 amide bonds. The first-order valence-corrected chi connectivity index (χ1v) is 12.4. The normalized spacial score (nSPS) is 11.4. The van der Waals surface area contributed by atoms with Crippen molar-refractivity contribution >= 4 is 27.3 Å². The average Bonchev–Trinajstić information content (AvgIpc) is 3.32. The van der Waals surface area contributed by atoms with Gasteiger partial charge in [-0.2, -0.15) is 0 Å². The zero-order chi connectivity index (χ0) is 24.1. The Kier molecular flexibility index (Phi) is 7.11. The molecule has 34 heavy (non-hydrogen) atoms. The summed E-state index contributed by atoms with van der Waals surface area (Å²) in [7, 11) is -3.84. The van der Waals surface area contributed by atoms with E-state index >= 15 is 0 Å². The van der Waals surface area contributed by atoms with Gasteiger partial charge >= 0.3 is 0 Å². The molecule has 0 spiro atoms. The summed E-state index contributed by atoms with van der Waals surface area (Å²) in [5.74, 6) is -1.28. The predicted molar refractivity (Wildman–Crippen MR) is 126 cm³/mol. The average molecular weight is 500 g/mol. The van der Waals surface area contributed by atoms with Gasteiger partial charge in [-0.15, -0.1) is 11.3 Å². The standard InChI is InChI=1S/C24H19F2N3O3S2/c25-18-7-3-5-16(11-18)14-29-34(31,32)19-8-4-6-17(12-19)13-27-23(30)22-15-28-24(33-22)20-9-1-2-10-21(20)26/h1-12,15,29H,13-14H2,(H,27,30). The molecule has 0 saturated heterocycles. The number of nitrogens with one attached hydrogen (secondary N) is 2. The fourth-order valence-electron chi connectivity index (χ4n) is 3.14. The maximum Gasteiger partial charge on any atom is 0.263 e. The van der Waals surface area contributed by atoms with E-state index in [0.717, 1.165) is 11.3 Å². The zero-order valence-corrected chi connectivity index (χ0v) is 19.3. The molecule has 0 saturated carbocycles. The monoisotopic (exact) mass is 499 g/mol. The lowest BCUT2D eigenvalue weighted by atomic mass is 10.2. The number of halogens is 2. The third-order valence-corrected chi connectivity index (χ3v) is 7.28. The van der Waals surface area contributed by atoms with Crippen LogP contribution < -0.4 is 10.0 Å². The van der Waals surface area contributed by atoms with Gasteiger partial charge in [-0.3, -0.25) is 4.79 Å². The van der Waals surface area contributed by atoms with E-state index in [4.69, 9.17) is 0 Å². The first-order valence-electron chi connectivity index (χ1n) is 10.1. The van der Waals surface area contributed by atoms with Gasteiger partial charge in [-0.05, 0) is 47.5 Å². The van der Waals surface area contributed by atoms with Crippen LogP contribution in [0.15, 0.2) is 83.9 Å². The Morgan fingerprint density at radius 1 is 0.912 bits per heavy atom. The highest BCUT2D eigenvalue weighted by molar-refractivity contribution is 7.89. The molecule has 0 unspecified atom stereocenters. The largest absolute Gasteiger partial charge is 0.347 e. The summed E-state index contributed by atoms with van der Waals surface area (Å²) in [6, 6.07) is 18.0. The molecule has 0 atom stereocenters. The van der Waals surface area contributed by atoms with Crippen molar-refractivity contribution in [2.24, 2.45) is 0 Å². The molecule has 3 aromatic carbocycles. The van der Waals surface area contributed by atoms with Crippen molar-refractivity contribution in [3.63, 3.8) is 0 Å². The van der Waals surface area contributed by atoms with E-state index in [9.17, 15) is 22.0 Å². The number of sulfonamides is 1. The van der Waals surface area contributed by atoms with Crippen LogP contribution in [-0.4, -0.2) is 19.3 Å². The van der Waals surface area contributed by atoms with Crippen LogP contribution in [0.5, 0.6) is 0 Å². The Balaban J connectivity index is 1.40. The lowest BCUT2D eigenvalue weighted by Crippen LogP contribution is -2.24. The molecule has 174 valence electrons. The maximum absolute atomic E-state index is 14.0. The SMILES string of the molecule is O=C(NCc1cccc(S(=O)(=O)NCc2cccc(F)c2)c1)c1cnc(-c2ccccc2F)s1. The van der Waals surface area contributed by atoms with Crippen LogP contribution >= 0.6 is 11.3 Å². The lowest BCUT2D eigenvalue weighted by Gasteiger charge is -2.09. The second-order valence-electron chi connectivity index (χ2n) is 7.29. The van der Waals surface area contributed by atoms with Gasteiger partial charge in [0.15, 0.2) is 0 Å². The third-order valence-electron chi connectivity index (χ3n) is 4.85. The van der Waals surface area contributed by atoms with Gasteiger partial charge in [0, 0.05) is 18.7 Å². The minimum Gasteiger partial charge on any atom is -0.347 e. The van der Waals surface area contributed by atoms with Crippen LogP contribution in [0, 0.1) is 11.6 Å². The molecule has 0 fully saturated rings. The highest BCUT2D eigenvalue weighted by Crippen LogP contribution is 2.27. The third kappa shape index (κ3) is 5.71. The summed E-state index contributed by atoms with van der Waals surface area (Å²) in [4.78, 5) is 17.0. The summed E-state index contributed by atoms with van der Waals surface area (Å²) in [6.07, 6.45) is 1.37. The highest BCUT2D eigenvalue weighted by atomic mass is 32.2.